The number of hydrogen-bond acceptors (Lipinski definition) is 6. The number of thioether (sulfide) groups is 1. The topological polar surface area (TPSA) is 43.6 Å². The quantitative estimate of drug-likeness (QED) is 0.562. The molecule has 3 aliphatic rings. The van der Waals surface area contributed by atoms with Gasteiger partial charge in [0.05, 0.1) is 24.0 Å². The maximum absolute atomic E-state index is 4.34. The predicted molar refractivity (Wildman–Crippen MR) is 53.5 cm³/mol. The van der Waals surface area contributed by atoms with Crippen molar-refractivity contribution in [2.24, 2.45) is 15.2 Å². The van der Waals surface area contributed by atoms with E-state index >= 15 is 0 Å². The summed E-state index contributed by atoms with van der Waals surface area (Å²) in [5, 5.41) is 10.1. The standard InChI is InChI=1S/C7H7N5S/c1-2-9-12-7(3-8-1)11-5-13-4-6(11)10-12/h1-3H,4-5H2. The van der Waals surface area contributed by atoms with E-state index in [9.17, 15) is 0 Å². The van der Waals surface area contributed by atoms with E-state index in [-0.39, 0.29) is 0 Å². The molecule has 0 bridgehead atoms. The second-order valence-electron chi connectivity index (χ2n) is 2.76. The molecule has 3 aliphatic heterocycles. The summed E-state index contributed by atoms with van der Waals surface area (Å²) in [7, 11) is 0. The van der Waals surface area contributed by atoms with Crippen molar-refractivity contribution in [1.82, 2.24) is 10.0 Å². The first-order chi connectivity index (χ1) is 6.45. The van der Waals surface area contributed by atoms with E-state index in [2.05, 4.69) is 20.1 Å². The first-order valence-electron chi connectivity index (χ1n) is 3.94. The van der Waals surface area contributed by atoms with Crippen molar-refractivity contribution in [3.8, 4) is 0 Å². The van der Waals surface area contributed by atoms with Crippen LogP contribution in [0.2, 0.25) is 0 Å². The molecule has 0 unspecified atom stereocenters. The number of hydrazone groups is 2. The summed E-state index contributed by atoms with van der Waals surface area (Å²) in [6.07, 6.45) is 5.09. The first-order valence-corrected chi connectivity index (χ1v) is 5.09. The average Bonchev–Trinajstić information content (AvgIpc) is 2.61. The predicted octanol–water partition coefficient (Wildman–Crippen LogP) is 0.491. The fourth-order valence-corrected chi connectivity index (χ4v) is 2.33. The minimum absolute atomic E-state index is 0.949. The van der Waals surface area contributed by atoms with E-state index in [4.69, 9.17) is 0 Å². The summed E-state index contributed by atoms with van der Waals surface area (Å²) < 4.78 is 0. The maximum Gasteiger partial charge on any atom is 0.175 e. The van der Waals surface area contributed by atoms with Crippen LogP contribution in [0.3, 0.4) is 0 Å². The SMILES string of the molecule is C1=NC=C2N(N=C1)N=C1CSCN21. The van der Waals surface area contributed by atoms with Crippen molar-refractivity contribution in [1.29, 1.82) is 0 Å². The third-order valence-electron chi connectivity index (χ3n) is 1.97. The van der Waals surface area contributed by atoms with E-state index in [0.717, 1.165) is 23.3 Å². The molecule has 0 radical (unpaired) electrons. The van der Waals surface area contributed by atoms with Gasteiger partial charge in [-0.3, -0.25) is 9.89 Å². The molecule has 0 spiro atoms. The Morgan fingerprint density at radius 3 is 3.38 bits per heavy atom. The van der Waals surface area contributed by atoms with Gasteiger partial charge in [-0.15, -0.1) is 22.0 Å². The van der Waals surface area contributed by atoms with Crippen molar-refractivity contribution >= 4 is 30.0 Å². The summed E-state index contributed by atoms with van der Waals surface area (Å²) in [6, 6.07) is 0. The van der Waals surface area contributed by atoms with Crippen LogP contribution >= 0.6 is 11.8 Å². The molecule has 3 heterocycles. The Hall–Kier alpha value is -1.30. The lowest BCUT2D eigenvalue weighted by molar-refractivity contribution is 0.351. The minimum Gasteiger partial charge on any atom is -0.300 e. The first kappa shape index (κ1) is 7.14. The molecule has 0 aromatic heterocycles. The Kier molecular flexibility index (Phi) is 1.42. The zero-order valence-corrected chi connectivity index (χ0v) is 7.61. The Bertz CT molecular complexity index is 356. The molecule has 1 fully saturated rings. The Morgan fingerprint density at radius 1 is 1.38 bits per heavy atom. The molecule has 0 aliphatic carbocycles. The normalized spacial score (nSPS) is 24.0. The average molecular weight is 193 g/mol. The van der Waals surface area contributed by atoms with Crippen molar-refractivity contribution in [3.63, 3.8) is 0 Å². The zero-order valence-electron chi connectivity index (χ0n) is 6.79. The summed E-state index contributed by atoms with van der Waals surface area (Å²) >= 11 is 1.85. The molecule has 1 saturated heterocycles. The third kappa shape index (κ3) is 0.983. The van der Waals surface area contributed by atoms with Crippen LogP contribution in [0.5, 0.6) is 0 Å². The van der Waals surface area contributed by atoms with Crippen LogP contribution in [0.4, 0.5) is 0 Å². The monoisotopic (exact) mass is 193 g/mol. The summed E-state index contributed by atoms with van der Waals surface area (Å²) in [6.45, 7) is 0. The van der Waals surface area contributed by atoms with E-state index in [1.165, 1.54) is 0 Å². The van der Waals surface area contributed by atoms with Crippen LogP contribution in [-0.2, 0) is 0 Å². The molecule has 3 rings (SSSR count). The molecule has 6 heteroatoms. The highest BCUT2D eigenvalue weighted by Crippen LogP contribution is 2.29. The summed E-state index contributed by atoms with van der Waals surface area (Å²) in [4.78, 5) is 6.20. The van der Waals surface area contributed by atoms with Crippen molar-refractivity contribution < 1.29 is 0 Å². The number of nitrogens with zero attached hydrogens (tertiary/aromatic N) is 5. The zero-order chi connectivity index (χ0) is 8.67. The van der Waals surface area contributed by atoms with Crippen LogP contribution < -0.4 is 0 Å². The third-order valence-corrected chi connectivity index (χ3v) is 2.88. The lowest BCUT2D eigenvalue weighted by Crippen LogP contribution is -2.22. The minimum atomic E-state index is 0.949. The molecule has 66 valence electrons. The van der Waals surface area contributed by atoms with Crippen LogP contribution in [0.1, 0.15) is 0 Å². The Balaban J connectivity index is 2.04. The van der Waals surface area contributed by atoms with Crippen molar-refractivity contribution in [3.05, 3.63) is 12.0 Å². The van der Waals surface area contributed by atoms with E-state index in [1.54, 1.807) is 23.7 Å². The van der Waals surface area contributed by atoms with Gasteiger partial charge < -0.3 is 0 Å². The van der Waals surface area contributed by atoms with Crippen LogP contribution in [0.25, 0.3) is 0 Å². The second-order valence-corrected chi connectivity index (χ2v) is 3.72. The molecule has 5 nitrogen and oxygen atoms in total. The van der Waals surface area contributed by atoms with Crippen molar-refractivity contribution in [2.45, 2.75) is 0 Å². The number of amidine groups is 1. The molecular formula is C7H7N5S. The van der Waals surface area contributed by atoms with Gasteiger partial charge in [0.15, 0.2) is 5.82 Å². The molecule has 0 aromatic carbocycles. The van der Waals surface area contributed by atoms with Gasteiger partial charge in [0.1, 0.15) is 5.84 Å². The molecular weight excluding hydrogens is 186 g/mol. The van der Waals surface area contributed by atoms with Gasteiger partial charge in [-0.05, 0) is 0 Å². The van der Waals surface area contributed by atoms with E-state index < -0.39 is 0 Å². The van der Waals surface area contributed by atoms with Gasteiger partial charge >= 0.3 is 0 Å². The highest BCUT2D eigenvalue weighted by molar-refractivity contribution is 8.00. The number of fused-ring (bicyclic) bond motifs is 3. The molecule has 0 N–H and O–H groups in total. The number of rotatable bonds is 0. The van der Waals surface area contributed by atoms with Gasteiger partial charge in [0, 0.05) is 6.21 Å². The molecule has 13 heavy (non-hydrogen) atoms. The largest absolute Gasteiger partial charge is 0.300 e. The maximum atomic E-state index is 4.34. The number of hydrogen-bond donors (Lipinski definition) is 0. The molecule has 0 saturated carbocycles. The van der Waals surface area contributed by atoms with Crippen LogP contribution in [0, 0.1) is 0 Å². The molecule has 0 atom stereocenters. The summed E-state index contributed by atoms with van der Waals surface area (Å²) in [5.74, 6) is 3.94. The van der Waals surface area contributed by atoms with Crippen molar-refractivity contribution in [2.75, 3.05) is 11.6 Å². The highest BCUT2D eigenvalue weighted by Gasteiger charge is 2.33. The van der Waals surface area contributed by atoms with Crippen LogP contribution in [-0.4, -0.2) is 39.9 Å². The Morgan fingerprint density at radius 2 is 2.38 bits per heavy atom. The highest BCUT2D eigenvalue weighted by atomic mass is 32.2. The molecule has 0 amide bonds. The van der Waals surface area contributed by atoms with Gasteiger partial charge in [-0.1, -0.05) is 0 Å². The Labute approximate surface area is 79.5 Å². The second kappa shape index (κ2) is 2.59. The van der Waals surface area contributed by atoms with Crippen LogP contribution in [0.15, 0.2) is 27.2 Å². The lowest BCUT2D eigenvalue weighted by Gasteiger charge is -2.14. The fraction of sp³-hybridized carbons (Fsp3) is 0.286. The number of aliphatic imine (C=N–C) groups is 1. The lowest BCUT2D eigenvalue weighted by atomic mass is 10.5. The smallest absolute Gasteiger partial charge is 0.175 e. The molecule has 0 aromatic rings. The van der Waals surface area contributed by atoms with E-state index in [1.807, 2.05) is 11.8 Å². The van der Waals surface area contributed by atoms with Gasteiger partial charge in [-0.25, -0.2) is 0 Å². The van der Waals surface area contributed by atoms with Gasteiger partial charge in [0.2, 0.25) is 0 Å². The summed E-state index contributed by atoms with van der Waals surface area (Å²) in [5.41, 5.74) is 0. The van der Waals surface area contributed by atoms with Gasteiger partial charge in [-0.2, -0.15) is 5.10 Å². The van der Waals surface area contributed by atoms with E-state index in [0.29, 0.717) is 0 Å². The van der Waals surface area contributed by atoms with Gasteiger partial charge in [0.25, 0.3) is 0 Å². The fourth-order valence-electron chi connectivity index (χ4n) is 1.38.